The maximum absolute atomic E-state index is 13.1. The van der Waals surface area contributed by atoms with Gasteiger partial charge in [-0.15, -0.1) is 0 Å². The van der Waals surface area contributed by atoms with E-state index in [1.165, 1.54) is 0 Å². The van der Waals surface area contributed by atoms with Gasteiger partial charge in [-0.05, 0) is 42.2 Å². The highest BCUT2D eigenvalue weighted by Crippen LogP contribution is 2.51. The fraction of sp³-hybridized carbons (Fsp3) is 0.375. The van der Waals surface area contributed by atoms with Gasteiger partial charge in [0, 0.05) is 35.4 Å². The van der Waals surface area contributed by atoms with Crippen molar-refractivity contribution in [2.75, 3.05) is 40.9 Å². The Bertz CT molecular complexity index is 1030. The second-order valence-corrected chi connectivity index (χ2v) is 7.48. The first-order valence-electron chi connectivity index (χ1n) is 10.1. The van der Waals surface area contributed by atoms with Crippen molar-refractivity contribution in [1.29, 1.82) is 0 Å². The molecule has 1 N–H and O–H groups in total. The molecule has 1 heterocycles. The van der Waals surface area contributed by atoms with Gasteiger partial charge in [0.05, 0.1) is 35.5 Å². The van der Waals surface area contributed by atoms with Crippen molar-refractivity contribution < 1.29 is 28.5 Å². The maximum atomic E-state index is 13.1. The van der Waals surface area contributed by atoms with E-state index in [1.807, 2.05) is 24.3 Å². The van der Waals surface area contributed by atoms with Crippen LogP contribution in [0.4, 0.5) is 5.69 Å². The summed E-state index contributed by atoms with van der Waals surface area (Å²) in [6, 6.07) is 7.66. The molecule has 0 saturated carbocycles. The van der Waals surface area contributed by atoms with Gasteiger partial charge in [0.1, 0.15) is 0 Å². The topological polar surface area (TPSA) is 75.2 Å². The third kappa shape index (κ3) is 3.44. The third-order valence-corrected chi connectivity index (χ3v) is 5.92. The Kier molecular flexibility index (Phi) is 5.67. The van der Waals surface area contributed by atoms with Gasteiger partial charge in [-0.25, -0.2) is 0 Å². The summed E-state index contributed by atoms with van der Waals surface area (Å²) in [5.74, 6) is 2.68. The monoisotopic (exact) mass is 425 g/mol. The van der Waals surface area contributed by atoms with Gasteiger partial charge in [-0.1, -0.05) is 0 Å². The fourth-order valence-electron chi connectivity index (χ4n) is 4.50. The van der Waals surface area contributed by atoms with E-state index in [1.54, 1.807) is 35.5 Å². The van der Waals surface area contributed by atoms with E-state index < -0.39 is 0 Å². The average Bonchev–Trinajstić information content (AvgIpc) is 2.80. The van der Waals surface area contributed by atoms with Crippen molar-refractivity contribution in [3.63, 3.8) is 0 Å². The van der Waals surface area contributed by atoms with Gasteiger partial charge >= 0.3 is 0 Å². The fourth-order valence-corrected chi connectivity index (χ4v) is 4.50. The zero-order chi connectivity index (χ0) is 22.1. The molecule has 31 heavy (non-hydrogen) atoms. The standard InChI is InChI=1S/C24H27NO6/c1-27-18-11-14-16(12-19(18)28-2)25-15-7-6-8-17(26)23(15)22(14)13-9-20(29-3)24(31-5)21(10-13)30-4/h9-12,22,25H,6-8H2,1-5H3. The number of benzene rings is 2. The lowest BCUT2D eigenvalue weighted by Gasteiger charge is -2.35. The minimum atomic E-state index is -0.299. The van der Waals surface area contributed by atoms with Crippen molar-refractivity contribution in [3.05, 3.63) is 46.7 Å². The predicted molar refractivity (Wildman–Crippen MR) is 117 cm³/mol. The Morgan fingerprint density at radius 1 is 0.774 bits per heavy atom. The van der Waals surface area contributed by atoms with Crippen LogP contribution in [0, 0.1) is 0 Å². The first-order chi connectivity index (χ1) is 15.1. The SMILES string of the molecule is COc1cc2c(cc1OC)C(c1cc(OC)c(OC)c(OC)c1)C1=C(CCCC1=O)N2. The van der Waals surface area contributed by atoms with Gasteiger partial charge in [-0.3, -0.25) is 4.79 Å². The molecule has 1 atom stereocenters. The maximum Gasteiger partial charge on any atom is 0.203 e. The number of allylic oxidation sites excluding steroid dienone is 2. The van der Waals surface area contributed by atoms with Gasteiger partial charge in [0.25, 0.3) is 0 Å². The first kappa shape index (κ1) is 20.9. The molecule has 4 rings (SSSR count). The molecule has 0 fully saturated rings. The molecule has 1 aliphatic carbocycles. The van der Waals surface area contributed by atoms with E-state index in [-0.39, 0.29) is 11.7 Å². The Morgan fingerprint density at radius 3 is 1.97 bits per heavy atom. The van der Waals surface area contributed by atoms with Crippen molar-refractivity contribution in [3.8, 4) is 28.7 Å². The normalized spacial score (nSPS) is 17.3. The van der Waals surface area contributed by atoms with E-state index in [0.717, 1.165) is 40.9 Å². The number of anilines is 1. The molecular weight excluding hydrogens is 398 g/mol. The Balaban J connectivity index is 1.99. The number of rotatable bonds is 6. The molecule has 0 radical (unpaired) electrons. The second kappa shape index (κ2) is 8.41. The molecule has 0 saturated heterocycles. The molecule has 7 nitrogen and oxygen atoms in total. The first-order valence-corrected chi connectivity index (χ1v) is 10.1. The average molecular weight is 425 g/mol. The Labute approximate surface area is 181 Å². The van der Waals surface area contributed by atoms with Crippen LogP contribution in [0.25, 0.3) is 0 Å². The van der Waals surface area contributed by atoms with Crippen LogP contribution < -0.4 is 29.0 Å². The third-order valence-electron chi connectivity index (χ3n) is 5.92. The van der Waals surface area contributed by atoms with E-state index in [9.17, 15) is 4.79 Å². The smallest absolute Gasteiger partial charge is 0.203 e. The van der Waals surface area contributed by atoms with E-state index >= 15 is 0 Å². The van der Waals surface area contributed by atoms with E-state index in [2.05, 4.69) is 5.32 Å². The summed E-state index contributed by atoms with van der Waals surface area (Å²) in [6.07, 6.45) is 2.18. The molecule has 0 aromatic heterocycles. The number of ether oxygens (including phenoxy) is 5. The molecule has 2 aliphatic rings. The number of hydrogen-bond donors (Lipinski definition) is 1. The van der Waals surface area contributed by atoms with Crippen molar-refractivity contribution >= 4 is 11.5 Å². The molecule has 164 valence electrons. The Morgan fingerprint density at radius 2 is 1.39 bits per heavy atom. The van der Waals surface area contributed by atoms with Crippen molar-refractivity contribution in [1.82, 2.24) is 0 Å². The number of carbonyl (C=O) groups is 1. The summed E-state index contributed by atoms with van der Waals surface area (Å²) < 4.78 is 27.7. The number of ketones is 1. The largest absolute Gasteiger partial charge is 0.493 e. The second-order valence-electron chi connectivity index (χ2n) is 7.48. The summed E-state index contributed by atoms with van der Waals surface area (Å²) in [6.45, 7) is 0. The van der Waals surface area contributed by atoms with E-state index in [0.29, 0.717) is 35.2 Å². The zero-order valence-electron chi connectivity index (χ0n) is 18.5. The van der Waals surface area contributed by atoms with Crippen LogP contribution in [0.2, 0.25) is 0 Å². The number of carbonyl (C=O) groups excluding carboxylic acids is 1. The summed E-state index contributed by atoms with van der Waals surface area (Å²) in [5, 5.41) is 3.47. The number of methoxy groups -OCH3 is 5. The minimum Gasteiger partial charge on any atom is -0.493 e. The highest BCUT2D eigenvalue weighted by atomic mass is 16.5. The molecule has 0 amide bonds. The van der Waals surface area contributed by atoms with Crippen LogP contribution in [0.1, 0.15) is 36.3 Å². The lowest BCUT2D eigenvalue weighted by molar-refractivity contribution is -0.116. The van der Waals surface area contributed by atoms with Crippen LogP contribution >= 0.6 is 0 Å². The van der Waals surface area contributed by atoms with Crippen molar-refractivity contribution in [2.24, 2.45) is 0 Å². The van der Waals surface area contributed by atoms with Crippen LogP contribution in [-0.2, 0) is 4.79 Å². The number of Topliss-reactive ketones (excluding diaryl/α,β-unsaturated/α-hetero) is 1. The molecule has 0 bridgehead atoms. The van der Waals surface area contributed by atoms with Gasteiger partial charge in [0.2, 0.25) is 5.75 Å². The molecule has 1 unspecified atom stereocenters. The predicted octanol–water partition coefficient (Wildman–Crippen LogP) is 4.29. The summed E-state index contributed by atoms with van der Waals surface area (Å²) >= 11 is 0. The van der Waals surface area contributed by atoms with Gasteiger partial charge < -0.3 is 29.0 Å². The molecular formula is C24H27NO6. The van der Waals surface area contributed by atoms with Gasteiger partial charge in [-0.2, -0.15) is 0 Å². The van der Waals surface area contributed by atoms with Crippen LogP contribution in [0.3, 0.4) is 0 Å². The van der Waals surface area contributed by atoms with Crippen LogP contribution in [0.5, 0.6) is 28.7 Å². The highest BCUT2D eigenvalue weighted by molar-refractivity contribution is 6.01. The molecule has 7 heteroatoms. The minimum absolute atomic E-state index is 0.146. The summed E-state index contributed by atoms with van der Waals surface area (Å²) in [5.41, 5.74) is 4.44. The molecule has 2 aromatic rings. The van der Waals surface area contributed by atoms with Gasteiger partial charge in [0.15, 0.2) is 28.8 Å². The van der Waals surface area contributed by atoms with Crippen LogP contribution in [0.15, 0.2) is 35.5 Å². The van der Waals surface area contributed by atoms with Crippen molar-refractivity contribution in [2.45, 2.75) is 25.2 Å². The lowest BCUT2D eigenvalue weighted by Crippen LogP contribution is -2.27. The molecule has 0 spiro atoms. The lowest BCUT2D eigenvalue weighted by atomic mass is 9.75. The van der Waals surface area contributed by atoms with E-state index in [4.69, 9.17) is 23.7 Å². The quantitative estimate of drug-likeness (QED) is 0.740. The number of hydrogen-bond acceptors (Lipinski definition) is 7. The zero-order valence-corrected chi connectivity index (χ0v) is 18.5. The molecule has 2 aromatic carbocycles. The summed E-state index contributed by atoms with van der Waals surface area (Å²) in [4.78, 5) is 13.1. The summed E-state index contributed by atoms with van der Waals surface area (Å²) in [7, 11) is 7.95. The van der Waals surface area contributed by atoms with Crippen LogP contribution in [-0.4, -0.2) is 41.3 Å². The molecule has 1 aliphatic heterocycles. The number of fused-ring (bicyclic) bond motifs is 1. The highest BCUT2D eigenvalue weighted by Gasteiger charge is 2.37. The number of nitrogens with one attached hydrogen (secondary N) is 1. The Hall–Kier alpha value is -3.35.